The third-order valence-electron chi connectivity index (χ3n) is 11.9. The Balaban J connectivity index is 1.04. The number of aryl methyl sites for hydroxylation is 1. The number of rotatable bonds is 9. The zero-order valence-corrected chi connectivity index (χ0v) is 25.9. The molecule has 2 bridgehead atoms. The summed E-state index contributed by atoms with van der Waals surface area (Å²) in [6.45, 7) is 0.680. The normalized spacial score (nSPS) is 28.3. The number of hydrogen-bond acceptors (Lipinski definition) is 4. The lowest BCUT2D eigenvalue weighted by atomic mass is 9.52. The summed E-state index contributed by atoms with van der Waals surface area (Å²) in [5.74, 6) is -0.437. The molecule has 0 N–H and O–H groups in total. The first-order valence-corrected chi connectivity index (χ1v) is 17.0. The molecule has 8 heteroatoms. The van der Waals surface area contributed by atoms with Gasteiger partial charge in [-0.2, -0.15) is 5.10 Å². The zero-order valence-electron chi connectivity index (χ0n) is 25.9. The number of amides is 1. The first-order valence-electron chi connectivity index (χ1n) is 17.0. The van der Waals surface area contributed by atoms with Crippen molar-refractivity contribution in [2.45, 2.75) is 119 Å². The van der Waals surface area contributed by atoms with E-state index in [4.69, 9.17) is 9.62 Å². The Morgan fingerprint density at radius 2 is 1.64 bits per heavy atom. The summed E-state index contributed by atoms with van der Waals surface area (Å²) in [4.78, 5) is 16.2. The molecule has 1 amide bonds. The minimum Gasteiger partial charge on any atom is -0.360 e. The van der Waals surface area contributed by atoms with Gasteiger partial charge in [0.1, 0.15) is 11.5 Å². The van der Waals surface area contributed by atoms with Gasteiger partial charge in [-0.1, -0.05) is 17.3 Å². The highest BCUT2D eigenvalue weighted by molar-refractivity contribution is 5.94. The fourth-order valence-corrected chi connectivity index (χ4v) is 8.59. The molecule has 0 radical (unpaired) electrons. The lowest BCUT2D eigenvalue weighted by Crippen LogP contribution is -2.51. The number of carbonyl (C=O) groups excluding carboxylic acids is 1. The van der Waals surface area contributed by atoms with Crippen molar-refractivity contribution < 1.29 is 18.1 Å². The average molecular weight is 603 g/mol. The Bertz CT molecular complexity index is 1520. The molecule has 0 saturated heterocycles. The fraction of sp³-hybridized carbons (Fsp3) is 0.639. The molecule has 6 aliphatic carbocycles. The van der Waals surface area contributed by atoms with Crippen LogP contribution >= 0.6 is 0 Å². The number of nitrogens with zero attached hydrogens (tertiary/aromatic N) is 4. The number of fused-ring (bicyclic) bond motifs is 3. The molecular formula is C36H44F2N4O2. The molecule has 234 valence electrons. The van der Waals surface area contributed by atoms with Crippen molar-refractivity contribution in [1.82, 2.24) is 14.9 Å². The smallest absolute Gasteiger partial charge is 0.248 e. The van der Waals surface area contributed by atoms with Gasteiger partial charge in [0.15, 0.2) is 0 Å². The summed E-state index contributed by atoms with van der Waals surface area (Å²) in [6, 6.07) is 12.6. The van der Waals surface area contributed by atoms with Gasteiger partial charge in [0.25, 0.3) is 0 Å². The highest BCUT2D eigenvalue weighted by Crippen LogP contribution is 2.58. The molecule has 44 heavy (non-hydrogen) atoms. The van der Waals surface area contributed by atoms with Gasteiger partial charge in [-0.05, 0) is 107 Å². The minimum atomic E-state index is -2.59. The highest BCUT2D eigenvalue weighted by atomic mass is 19.3. The molecule has 6 saturated carbocycles. The number of anilines is 1. The van der Waals surface area contributed by atoms with E-state index in [0.29, 0.717) is 37.6 Å². The Hall–Kier alpha value is -3.03. The second kappa shape index (κ2) is 10.5. The van der Waals surface area contributed by atoms with Gasteiger partial charge >= 0.3 is 0 Å². The summed E-state index contributed by atoms with van der Waals surface area (Å²) in [5, 5.41) is 9.26. The third-order valence-corrected chi connectivity index (χ3v) is 11.9. The molecule has 0 unspecified atom stereocenters. The number of alkyl halides is 2. The molecule has 2 heterocycles. The topological polar surface area (TPSA) is 64.2 Å². The molecule has 1 aromatic carbocycles. The molecule has 0 aliphatic heterocycles. The van der Waals surface area contributed by atoms with Crippen LogP contribution in [0, 0.1) is 11.3 Å². The lowest BCUT2D eigenvalue weighted by Gasteiger charge is -2.54. The van der Waals surface area contributed by atoms with Crippen molar-refractivity contribution in [3.8, 4) is 11.3 Å². The van der Waals surface area contributed by atoms with E-state index in [-0.39, 0.29) is 35.5 Å². The number of aromatic nitrogens is 3. The molecule has 0 atom stereocenters. The Kier molecular flexibility index (Phi) is 6.80. The first kappa shape index (κ1) is 28.4. The van der Waals surface area contributed by atoms with Gasteiger partial charge in [0, 0.05) is 73.1 Å². The Morgan fingerprint density at radius 1 is 0.932 bits per heavy atom. The predicted octanol–water partition coefficient (Wildman–Crippen LogP) is 8.67. The van der Waals surface area contributed by atoms with E-state index in [0.717, 1.165) is 74.1 Å². The van der Waals surface area contributed by atoms with Gasteiger partial charge in [-0.25, -0.2) is 8.78 Å². The van der Waals surface area contributed by atoms with Crippen LogP contribution in [0.5, 0.6) is 0 Å². The van der Waals surface area contributed by atoms with Crippen molar-refractivity contribution in [2.75, 3.05) is 11.4 Å². The third kappa shape index (κ3) is 5.40. The Morgan fingerprint density at radius 3 is 2.32 bits per heavy atom. The molecule has 6 fully saturated rings. The maximum atomic E-state index is 14.2. The quantitative estimate of drug-likeness (QED) is 0.246. The predicted molar refractivity (Wildman–Crippen MR) is 165 cm³/mol. The first-order chi connectivity index (χ1) is 21.2. The van der Waals surface area contributed by atoms with Crippen LogP contribution in [0.1, 0.15) is 125 Å². The average Bonchev–Trinajstić information content (AvgIpc) is 3.97. The largest absolute Gasteiger partial charge is 0.360 e. The van der Waals surface area contributed by atoms with E-state index in [1.165, 1.54) is 24.2 Å². The molecule has 0 spiro atoms. The van der Waals surface area contributed by atoms with Crippen molar-refractivity contribution in [3.05, 3.63) is 53.5 Å². The molecule has 2 aromatic heterocycles. The van der Waals surface area contributed by atoms with Gasteiger partial charge in [-0.15, -0.1) is 0 Å². The van der Waals surface area contributed by atoms with Crippen LogP contribution in [0.15, 0.2) is 40.9 Å². The van der Waals surface area contributed by atoms with Crippen LogP contribution in [0.25, 0.3) is 11.3 Å². The standard InChI is InChI=1S/C36H44F2N4O2/c1-41-32(22-29(39-41)25-5-6-25)35-16-13-34(14-17-35,15-18-35)23-42(33(43)19-24-9-11-36(37,38)12-10-24)28-4-2-3-27(20-28)30-21-31(44-40-30)26-7-8-26/h2-4,20-22,24-26H,5-19,23H2,1H3. The highest BCUT2D eigenvalue weighted by Gasteiger charge is 2.52. The number of halogens is 2. The monoisotopic (exact) mass is 602 g/mol. The zero-order chi connectivity index (χ0) is 30.1. The van der Waals surface area contributed by atoms with Crippen LogP contribution in [-0.4, -0.2) is 33.3 Å². The lowest BCUT2D eigenvalue weighted by molar-refractivity contribution is -0.121. The number of hydrogen-bond donors (Lipinski definition) is 0. The van der Waals surface area contributed by atoms with Crippen LogP contribution in [0.3, 0.4) is 0 Å². The molecule has 3 aromatic rings. The summed E-state index contributed by atoms with van der Waals surface area (Å²) < 4.78 is 35.6. The maximum absolute atomic E-state index is 14.2. The van der Waals surface area contributed by atoms with Gasteiger partial charge in [-0.3, -0.25) is 9.48 Å². The minimum absolute atomic E-state index is 0.0119. The van der Waals surface area contributed by atoms with Crippen LogP contribution < -0.4 is 4.90 Å². The number of carbonyl (C=O) groups is 1. The van der Waals surface area contributed by atoms with Crippen molar-refractivity contribution in [3.63, 3.8) is 0 Å². The second-order valence-electron chi connectivity index (χ2n) is 15.1. The van der Waals surface area contributed by atoms with Crippen LogP contribution in [-0.2, 0) is 17.3 Å². The summed E-state index contributed by atoms with van der Waals surface area (Å²) in [6.07, 6.45) is 12.4. The van der Waals surface area contributed by atoms with Crippen LogP contribution in [0.2, 0.25) is 0 Å². The second-order valence-corrected chi connectivity index (χ2v) is 15.1. The van der Waals surface area contributed by atoms with Crippen molar-refractivity contribution in [2.24, 2.45) is 18.4 Å². The van der Waals surface area contributed by atoms with Gasteiger partial charge in [0.2, 0.25) is 11.8 Å². The summed E-state index contributed by atoms with van der Waals surface area (Å²) in [7, 11) is 2.11. The Labute approximate surface area is 258 Å². The van der Waals surface area contributed by atoms with E-state index < -0.39 is 5.92 Å². The number of benzene rings is 1. The van der Waals surface area contributed by atoms with Gasteiger partial charge < -0.3 is 9.42 Å². The van der Waals surface area contributed by atoms with Gasteiger partial charge in [0.05, 0.1) is 5.69 Å². The molecule has 6 aliphatic rings. The van der Waals surface area contributed by atoms with Crippen molar-refractivity contribution >= 4 is 11.6 Å². The SMILES string of the molecule is Cn1nc(C2CC2)cc1C12CCC(CN(C(=O)CC3CCC(F)(F)CC3)c3cccc(-c4cc(C5CC5)on4)c3)(CC1)CC2. The fourth-order valence-electron chi connectivity index (χ4n) is 8.59. The van der Waals surface area contributed by atoms with E-state index in [9.17, 15) is 13.6 Å². The molecular weight excluding hydrogens is 558 g/mol. The van der Waals surface area contributed by atoms with E-state index in [2.05, 4.69) is 29.0 Å². The maximum Gasteiger partial charge on any atom is 0.248 e. The molecule has 6 nitrogen and oxygen atoms in total. The van der Waals surface area contributed by atoms with E-state index >= 15 is 0 Å². The molecule has 9 rings (SSSR count). The van der Waals surface area contributed by atoms with E-state index in [1.807, 2.05) is 29.2 Å². The van der Waals surface area contributed by atoms with Crippen LogP contribution in [0.4, 0.5) is 14.5 Å². The summed E-state index contributed by atoms with van der Waals surface area (Å²) in [5.41, 5.74) is 5.55. The van der Waals surface area contributed by atoms with Crippen molar-refractivity contribution in [1.29, 1.82) is 0 Å². The van der Waals surface area contributed by atoms with E-state index in [1.54, 1.807) is 0 Å². The summed E-state index contributed by atoms with van der Waals surface area (Å²) >= 11 is 0.